The predicted molar refractivity (Wildman–Crippen MR) is 76.5 cm³/mol. The first-order chi connectivity index (χ1) is 9.60. The molecule has 1 aromatic carbocycles. The van der Waals surface area contributed by atoms with E-state index in [0.717, 1.165) is 25.1 Å². The molecule has 0 aliphatic carbocycles. The summed E-state index contributed by atoms with van der Waals surface area (Å²) < 4.78 is 5.19. The summed E-state index contributed by atoms with van der Waals surface area (Å²) in [6.45, 7) is 1.30. The number of nitrogens with zero attached hydrogens (tertiary/aromatic N) is 1. The van der Waals surface area contributed by atoms with Crippen molar-refractivity contribution in [1.29, 1.82) is 0 Å². The number of aliphatic hydroxyl groups excluding tert-OH is 1. The van der Waals surface area contributed by atoms with Crippen LogP contribution in [0.25, 0.3) is 0 Å². The maximum Gasteiger partial charge on any atom is 0.234 e. The largest absolute Gasteiger partial charge is 0.497 e. The molecule has 1 aromatic rings. The van der Waals surface area contributed by atoms with E-state index in [-0.39, 0.29) is 11.9 Å². The Hall–Kier alpha value is -1.59. The van der Waals surface area contributed by atoms with Gasteiger partial charge in [0.15, 0.2) is 0 Å². The van der Waals surface area contributed by atoms with Crippen molar-refractivity contribution in [3.8, 4) is 5.75 Å². The molecule has 2 atom stereocenters. The maximum atomic E-state index is 11.3. The highest BCUT2D eigenvalue weighted by Gasteiger charge is 2.33. The topological polar surface area (TPSA) is 75.8 Å². The standard InChI is InChI=1S/C15H22N2O3/c1-20-13-6-2-4-11(8-13)5-3-7-17-10-12(18)9-14(17)15(16)19/h2,4,6,8,12,14,18H,3,5,7,9-10H2,1H3,(H2,16,19)/t12-,14-/m0/s1. The summed E-state index contributed by atoms with van der Waals surface area (Å²) in [5.41, 5.74) is 6.57. The number of carbonyl (C=O) groups excluding carboxylic acids is 1. The van der Waals surface area contributed by atoms with Crippen molar-refractivity contribution in [3.63, 3.8) is 0 Å². The third kappa shape index (κ3) is 3.71. The molecule has 0 aromatic heterocycles. The van der Waals surface area contributed by atoms with Gasteiger partial charge in [-0.2, -0.15) is 0 Å². The number of primary amides is 1. The predicted octanol–water partition coefficient (Wildman–Crippen LogP) is 0.548. The summed E-state index contributed by atoms with van der Waals surface area (Å²) in [4.78, 5) is 13.3. The summed E-state index contributed by atoms with van der Waals surface area (Å²) in [6.07, 6.45) is 1.84. The lowest BCUT2D eigenvalue weighted by molar-refractivity contribution is -0.122. The molecule has 1 amide bonds. The number of ether oxygens (including phenoxy) is 1. The minimum Gasteiger partial charge on any atom is -0.497 e. The third-order valence-corrected chi connectivity index (χ3v) is 3.75. The van der Waals surface area contributed by atoms with Crippen LogP contribution in [0.2, 0.25) is 0 Å². The number of hydrogen-bond acceptors (Lipinski definition) is 4. The lowest BCUT2D eigenvalue weighted by atomic mass is 10.1. The fourth-order valence-electron chi connectivity index (χ4n) is 2.74. The molecule has 3 N–H and O–H groups in total. The first-order valence-electron chi connectivity index (χ1n) is 6.94. The second-order valence-electron chi connectivity index (χ2n) is 5.26. The molecule has 5 heteroatoms. The molecular formula is C15H22N2O3. The molecule has 0 radical (unpaired) electrons. The average Bonchev–Trinajstić information content (AvgIpc) is 2.80. The molecule has 0 saturated carbocycles. The first kappa shape index (κ1) is 14.8. The van der Waals surface area contributed by atoms with Gasteiger partial charge in [-0.05, 0) is 43.5 Å². The Balaban J connectivity index is 1.84. The van der Waals surface area contributed by atoms with Crippen LogP contribution >= 0.6 is 0 Å². The van der Waals surface area contributed by atoms with Crippen molar-refractivity contribution in [1.82, 2.24) is 4.90 Å². The van der Waals surface area contributed by atoms with Crippen molar-refractivity contribution < 1.29 is 14.6 Å². The SMILES string of the molecule is COc1cccc(CCCN2C[C@@H](O)C[C@H]2C(N)=O)c1. The van der Waals surface area contributed by atoms with E-state index in [1.165, 1.54) is 5.56 Å². The van der Waals surface area contributed by atoms with Crippen LogP contribution in [0.3, 0.4) is 0 Å². The zero-order chi connectivity index (χ0) is 14.5. The molecule has 0 bridgehead atoms. The first-order valence-corrected chi connectivity index (χ1v) is 6.94. The van der Waals surface area contributed by atoms with Crippen LogP contribution in [0.4, 0.5) is 0 Å². The molecular weight excluding hydrogens is 256 g/mol. The quantitative estimate of drug-likeness (QED) is 0.796. The van der Waals surface area contributed by atoms with E-state index in [1.807, 2.05) is 23.1 Å². The van der Waals surface area contributed by atoms with Crippen LogP contribution in [-0.2, 0) is 11.2 Å². The second kappa shape index (κ2) is 6.72. The van der Waals surface area contributed by atoms with Gasteiger partial charge in [-0.25, -0.2) is 0 Å². The zero-order valence-corrected chi connectivity index (χ0v) is 11.8. The normalized spacial score (nSPS) is 22.9. The van der Waals surface area contributed by atoms with Gasteiger partial charge in [0.1, 0.15) is 5.75 Å². The van der Waals surface area contributed by atoms with Crippen molar-refractivity contribution in [2.24, 2.45) is 5.73 Å². The molecule has 0 unspecified atom stereocenters. The van der Waals surface area contributed by atoms with Crippen molar-refractivity contribution in [3.05, 3.63) is 29.8 Å². The Kier molecular flexibility index (Phi) is 4.98. The molecule has 1 aliphatic rings. The lowest BCUT2D eigenvalue weighted by Gasteiger charge is -2.21. The summed E-state index contributed by atoms with van der Waals surface area (Å²) in [5, 5.41) is 9.64. The van der Waals surface area contributed by atoms with Gasteiger partial charge in [0, 0.05) is 6.54 Å². The van der Waals surface area contributed by atoms with Crippen LogP contribution in [-0.4, -0.2) is 48.3 Å². The van der Waals surface area contributed by atoms with E-state index >= 15 is 0 Å². The fraction of sp³-hybridized carbons (Fsp3) is 0.533. The monoisotopic (exact) mass is 278 g/mol. The van der Waals surface area contributed by atoms with Crippen LogP contribution < -0.4 is 10.5 Å². The van der Waals surface area contributed by atoms with Crippen LogP contribution in [0.1, 0.15) is 18.4 Å². The number of amides is 1. The van der Waals surface area contributed by atoms with Crippen molar-refractivity contribution >= 4 is 5.91 Å². The van der Waals surface area contributed by atoms with Gasteiger partial charge in [0.05, 0.1) is 19.3 Å². The van der Waals surface area contributed by atoms with Gasteiger partial charge >= 0.3 is 0 Å². The van der Waals surface area contributed by atoms with Gasteiger partial charge < -0.3 is 15.6 Å². The second-order valence-corrected chi connectivity index (χ2v) is 5.26. The zero-order valence-electron chi connectivity index (χ0n) is 11.8. The number of hydrogen-bond donors (Lipinski definition) is 2. The van der Waals surface area contributed by atoms with E-state index in [4.69, 9.17) is 10.5 Å². The fourth-order valence-corrected chi connectivity index (χ4v) is 2.74. The highest BCUT2D eigenvalue weighted by molar-refractivity contribution is 5.80. The number of benzene rings is 1. The highest BCUT2D eigenvalue weighted by Crippen LogP contribution is 2.19. The molecule has 1 fully saturated rings. The van der Waals surface area contributed by atoms with Gasteiger partial charge in [0.2, 0.25) is 5.91 Å². The Labute approximate surface area is 119 Å². The van der Waals surface area contributed by atoms with E-state index in [9.17, 15) is 9.90 Å². The van der Waals surface area contributed by atoms with Crippen molar-refractivity contribution in [2.75, 3.05) is 20.2 Å². The molecule has 1 heterocycles. The molecule has 2 rings (SSSR count). The van der Waals surface area contributed by atoms with E-state index in [2.05, 4.69) is 6.07 Å². The summed E-state index contributed by atoms with van der Waals surface area (Å²) in [6, 6.07) is 7.65. The summed E-state index contributed by atoms with van der Waals surface area (Å²) >= 11 is 0. The minimum absolute atomic E-state index is 0.324. The van der Waals surface area contributed by atoms with Crippen LogP contribution in [0, 0.1) is 0 Å². The van der Waals surface area contributed by atoms with E-state index in [0.29, 0.717) is 13.0 Å². The number of β-amino-alcohol motifs (C(OH)–C–C–N with tert-alkyl or cyclic N) is 1. The van der Waals surface area contributed by atoms with Crippen molar-refractivity contribution in [2.45, 2.75) is 31.4 Å². The smallest absolute Gasteiger partial charge is 0.234 e. The van der Waals surface area contributed by atoms with Crippen LogP contribution in [0.5, 0.6) is 5.75 Å². The maximum absolute atomic E-state index is 11.3. The average molecular weight is 278 g/mol. The number of nitrogens with two attached hydrogens (primary N) is 1. The molecule has 110 valence electrons. The van der Waals surface area contributed by atoms with Gasteiger partial charge in [0.25, 0.3) is 0 Å². The van der Waals surface area contributed by atoms with E-state index < -0.39 is 6.10 Å². The number of likely N-dealkylation sites (tertiary alicyclic amines) is 1. The summed E-state index contributed by atoms with van der Waals surface area (Å²) in [5.74, 6) is 0.511. The highest BCUT2D eigenvalue weighted by atomic mass is 16.5. The molecule has 20 heavy (non-hydrogen) atoms. The van der Waals surface area contributed by atoms with Gasteiger partial charge in [-0.3, -0.25) is 9.69 Å². The Morgan fingerprint density at radius 3 is 3.05 bits per heavy atom. The molecule has 1 saturated heterocycles. The Morgan fingerprint density at radius 2 is 2.35 bits per heavy atom. The lowest BCUT2D eigenvalue weighted by Crippen LogP contribution is -2.40. The molecule has 5 nitrogen and oxygen atoms in total. The summed E-state index contributed by atoms with van der Waals surface area (Å²) in [7, 11) is 1.65. The molecule has 0 spiro atoms. The number of rotatable bonds is 6. The number of methoxy groups -OCH3 is 1. The van der Waals surface area contributed by atoms with Crippen LogP contribution in [0.15, 0.2) is 24.3 Å². The number of aryl methyl sites for hydroxylation is 1. The molecule has 1 aliphatic heterocycles. The van der Waals surface area contributed by atoms with E-state index in [1.54, 1.807) is 7.11 Å². The number of carbonyl (C=O) groups is 1. The van der Waals surface area contributed by atoms with Gasteiger partial charge in [-0.1, -0.05) is 12.1 Å². The van der Waals surface area contributed by atoms with Gasteiger partial charge in [-0.15, -0.1) is 0 Å². The Bertz CT molecular complexity index is 464. The Morgan fingerprint density at radius 1 is 1.55 bits per heavy atom. The third-order valence-electron chi connectivity index (χ3n) is 3.75. The minimum atomic E-state index is -0.440. The number of aliphatic hydroxyl groups is 1.